The maximum atomic E-state index is 12.4. The van der Waals surface area contributed by atoms with Gasteiger partial charge in [-0.15, -0.1) is 0 Å². The third-order valence-corrected chi connectivity index (χ3v) is 5.33. The Morgan fingerprint density at radius 1 is 1.43 bits per heavy atom. The third kappa shape index (κ3) is 5.91. The number of carbonyl (C=O) groups is 1. The van der Waals surface area contributed by atoms with Gasteiger partial charge in [0.1, 0.15) is 16.8 Å². The molecule has 1 unspecified atom stereocenters. The fourth-order valence-corrected chi connectivity index (χ4v) is 3.48. The van der Waals surface area contributed by atoms with Crippen LogP contribution in [0.3, 0.4) is 0 Å². The zero-order valence-corrected chi connectivity index (χ0v) is 18.5. The molecule has 1 fully saturated rings. The molecular formula is C22H27ClFN5O. The Morgan fingerprint density at radius 3 is 2.70 bits per heavy atom. The molecule has 0 bridgehead atoms. The molecule has 6 nitrogen and oxygen atoms in total. The number of piperidine rings is 1. The van der Waals surface area contributed by atoms with Gasteiger partial charge in [-0.1, -0.05) is 11.6 Å². The van der Waals surface area contributed by atoms with Crippen LogP contribution in [0.4, 0.5) is 4.39 Å². The second kappa shape index (κ2) is 10.4. The maximum Gasteiger partial charge on any atom is 0.224 e. The number of hydrogen-bond acceptors (Lipinski definition) is 5. The van der Waals surface area contributed by atoms with Gasteiger partial charge in [0, 0.05) is 44.4 Å². The number of aliphatic imine (C=N–C) groups is 1. The van der Waals surface area contributed by atoms with Crippen molar-refractivity contribution in [1.29, 1.82) is 5.26 Å². The van der Waals surface area contributed by atoms with Gasteiger partial charge in [0.2, 0.25) is 5.91 Å². The summed E-state index contributed by atoms with van der Waals surface area (Å²) in [5, 5.41) is 8.84. The van der Waals surface area contributed by atoms with Crippen molar-refractivity contribution in [2.24, 2.45) is 10.7 Å². The highest BCUT2D eigenvalue weighted by Gasteiger charge is 2.25. The third-order valence-electron chi connectivity index (χ3n) is 5.14. The van der Waals surface area contributed by atoms with Crippen molar-refractivity contribution >= 4 is 23.3 Å². The van der Waals surface area contributed by atoms with Crippen LogP contribution in [0.25, 0.3) is 0 Å². The summed E-state index contributed by atoms with van der Waals surface area (Å²) < 4.78 is 12.4. The van der Waals surface area contributed by atoms with Crippen molar-refractivity contribution in [3.63, 3.8) is 0 Å². The lowest BCUT2D eigenvalue weighted by Crippen LogP contribution is -2.42. The first kappa shape index (κ1) is 23.6. The van der Waals surface area contributed by atoms with Crippen molar-refractivity contribution in [3.05, 3.63) is 57.6 Å². The van der Waals surface area contributed by atoms with Gasteiger partial charge in [-0.2, -0.15) is 5.26 Å². The summed E-state index contributed by atoms with van der Waals surface area (Å²) in [5.74, 6) is 0.250. The van der Waals surface area contributed by atoms with E-state index in [-0.39, 0.29) is 17.8 Å². The summed E-state index contributed by atoms with van der Waals surface area (Å²) in [7, 11) is 1.71. The van der Waals surface area contributed by atoms with E-state index >= 15 is 0 Å². The predicted molar refractivity (Wildman–Crippen MR) is 117 cm³/mol. The maximum absolute atomic E-state index is 12.4. The number of aryl methyl sites for hydroxylation is 1. The fourth-order valence-electron chi connectivity index (χ4n) is 3.29. The van der Waals surface area contributed by atoms with E-state index in [1.54, 1.807) is 14.0 Å². The normalized spacial score (nSPS) is 19.8. The molecule has 160 valence electrons. The van der Waals surface area contributed by atoms with Crippen molar-refractivity contribution in [2.75, 3.05) is 20.1 Å². The van der Waals surface area contributed by atoms with Crippen molar-refractivity contribution in [1.82, 2.24) is 9.80 Å². The average Bonchev–Trinajstić information content (AvgIpc) is 3.09. The number of amides is 1. The monoisotopic (exact) mass is 431 g/mol. The van der Waals surface area contributed by atoms with Gasteiger partial charge in [0.05, 0.1) is 11.6 Å². The number of allylic oxidation sites excluding steroid dienone is 1. The second-order valence-electron chi connectivity index (χ2n) is 7.40. The number of nitriles is 1. The van der Waals surface area contributed by atoms with Gasteiger partial charge >= 0.3 is 0 Å². The first-order valence-corrected chi connectivity index (χ1v) is 10.1. The number of hydrogen-bond donors (Lipinski definition) is 1. The first-order chi connectivity index (χ1) is 14.1. The molecule has 2 aliphatic heterocycles. The Balaban J connectivity index is 0.000000269. The first-order valence-electron chi connectivity index (χ1n) is 9.72. The van der Waals surface area contributed by atoms with Crippen LogP contribution in [0.1, 0.15) is 37.8 Å². The van der Waals surface area contributed by atoms with Gasteiger partial charge in [0.25, 0.3) is 0 Å². The zero-order valence-electron chi connectivity index (χ0n) is 17.7. The van der Waals surface area contributed by atoms with E-state index in [4.69, 9.17) is 22.6 Å². The number of carbonyl (C=O) groups excluding carboxylic acids is 1. The average molecular weight is 432 g/mol. The molecule has 1 aromatic carbocycles. The minimum absolute atomic E-state index is 0.0656. The summed E-state index contributed by atoms with van der Waals surface area (Å²) in [6.45, 7) is 7.06. The number of rotatable bonds is 1. The Labute approximate surface area is 182 Å². The molecule has 1 amide bonds. The molecule has 1 saturated heterocycles. The summed E-state index contributed by atoms with van der Waals surface area (Å²) in [6.07, 6.45) is 3.95. The van der Waals surface area contributed by atoms with Crippen LogP contribution < -0.4 is 5.73 Å². The number of likely N-dealkylation sites (tertiary alicyclic amines) is 1. The molecule has 8 heteroatoms. The summed E-state index contributed by atoms with van der Waals surface area (Å²) in [6, 6.07) is 6.26. The van der Waals surface area contributed by atoms with E-state index in [9.17, 15) is 9.18 Å². The second-order valence-corrected chi connectivity index (χ2v) is 7.79. The molecule has 3 rings (SSSR count). The smallest absolute Gasteiger partial charge is 0.224 e. The lowest BCUT2D eigenvalue weighted by atomic mass is 10.0. The SMILES string of the molecule is CC(=O)N(C)C1=NC(Cl)=C/C1=C(/C)N1CCCC(N)C1.Cc1cc(F)ccc1C#N. The predicted octanol–water partition coefficient (Wildman–Crippen LogP) is 3.66. The number of benzene rings is 1. The zero-order chi connectivity index (χ0) is 22.4. The van der Waals surface area contributed by atoms with E-state index in [2.05, 4.69) is 9.89 Å². The molecule has 0 spiro atoms. The molecule has 0 saturated carbocycles. The molecule has 30 heavy (non-hydrogen) atoms. The number of nitrogens with two attached hydrogens (primary N) is 1. The number of likely N-dealkylation sites (N-methyl/N-ethyl adjacent to an activating group) is 1. The van der Waals surface area contributed by atoms with Gasteiger partial charge in [0.15, 0.2) is 0 Å². The molecule has 2 heterocycles. The molecule has 0 aromatic heterocycles. The van der Waals surface area contributed by atoms with E-state index in [0.29, 0.717) is 22.1 Å². The van der Waals surface area contributed by atoms with Crippen molar-refractivity contribution < 1.29 is 9.18 Å². The minimum atomic E-state index is -0.295. The Morgan fingerprint density at radius 2 is 2.13 bits per heavy atom. The highest BCUT2D eigenvalue weighted by atomic mass is 35.5. The van der Waals surface area contributed by atoms with Crippen molar-refractivity contribution in [2.45, 2.75) is 39.7 Å². The number of halogens is 2. The van der Waals surface area contributed by atoms with E-state index in [0.717, 1.165) is 37.2 Å². The van der Waals surface area contributed by atoms with E-state index < -0.39 is 0 Å². The van der Waals surface area contributed by atoms with Gasteiger partial charge < -0.3 is 10.6 Å². The molecular weight excluding hydrogens is 405 g/mol. The Kier molecular flexibility index (Phi) is 8.16. The van der Waals surface area contributed by atoms with Crippen LogP contribution >= 0.6 is 11.6 Å². The molecule has 2 N–H and O–H groups in total. The van der Waals surface area contributed by atoms with Crippen LogP contribution in [0.15, 0.2) is 45.7 Å². The lowest BCUT2D eigenvalue weighted by molar-refractivity contribution is -0.124. The van der Waals surface area contributed by atoms with E-state index in [1.165, 1.54) is 30.0 Å². The highest BCUT2D eigenvalue weighted by molar-refractivity contribution is 6.32. The Hall–Kier alpha value is -2.69. The summed E-state index contributed by atoms with van der Waals surface area (Å²) in [5.41, 5.74) is 9.22. The molecule has 0 radical (unpaired) electrons. The van der Waals surface area contributed by atoms with Crippen LogP contribution in [0, 0.1) is 24.1 Å². The van der Waals surface area contributed by atoms with Crippen LogP contribution in [0.5, 0.6) is 0 Å². The largest absolute Gasteiger partial charge is 0.373 e. The fraction of sp³-hybridized carbons (Fsp3) is 0.409. The quantitative estimate of drug-likeness (QED) is 0.687. The number of amidine groups is 1. The van der Waals surface area contributed by atoms with Gasteiger partial charge in [-0.25, -0.2) is 9.38 Å². The highest BCUT2D eigenvalue weighted by Crippen LogP contribution is 2.26. The van der Waals surface area contributed by atoms with Crippen molar-refractivity contribution in [3.8, 4) is 6.07 Å². The minimum Gasteiger partial charge on any atom is -0.373 e. The molecule has 1 aromatic rings. The summed E-state index contributed by atoms with van der Waals surface area (Å²) >= 11 is 6.02. The Bertz CT molecular complexity index is 947. The van der Waals surface area contributed by atoms with Crippen LogP contribution in [-0.2, 0) is 4.79 Å². The topological polar surface area (TPSA) is 85.7 Å². The lowest BCUT2D eigenvalue weighted by Gasteiger charge is -2.34. The van der Waals surface area contributed by atoms with Crippen LogP contribution in [0.2, 0.25) is 0 Å². The standard InChI is InChI=1S/C14H21ClN4O.C8H6FN/c1-9(19-6-4-5-11(16)8-19)12-7-13(15)17-14(12)18(3)10(2)20;1-6-4-8(9)3-2-7(6)5-10/h7,11H,4-6,8,16H2,1-3H3;2-4H,1H3/b12-9+;. The van der Waals surface area contributed by atoms with Gasteiger partial charge in [-0.05, 0) is 56.5 Å². The molecule has 1 atom stereocenters. The number of nitrogens with zero attached hydrogens (tertiary/aromatic N) is 4. The molecule has 0 aliphatic carbocycles. The summed E-state index contributed by atoms with van der Waals surface area (Å²) in [4.78, 5) is 19.6. The van der Waals surface area contributed by atoms with E-state index in [1.807, 2.05) is 19.1 Å². The van der Waals surface area contributed by atoms with Crippen LogP contribution in [-0.4, -0.2) is 47.7 Å². The molecule has 2 aliphatic rings. The van der Waals surface area contributed by atoms with Gasteiger partial charge in [-0.3, -0.25) is 9.69 Å².